The molecule has 0 bridgehead atoms. The van der Waals surface area contributed by atoms with E-state index in [2.05, 4.69) is 5.32 Å². The van der Waals surface area contributed by atoms with Crippen molar-refractivity contribution >= 4 is 5.91 Å². The van der Waals surface area contributed by atoms with Crippen molar-refractivity contribution in [1.29, 1.82) is 0 Å². The maximum atomic E-state index is 12.8. The fraction of sp³-hybridized carbons (Fsp3) is 0.462. The molecule has 1 rings (SSSR count). The molecule has 0 aliphatic rings. The highest BCUT2D eigenvalue weighted by atomic mass is 19.1. The Morgan fingerprint density at radius 2 is 1.94 bits per heavy atom. The summed E-state index contributed by atoms with van der Waals surface area (Å²) in [6, 6.07) is 5.98. The minimum atomic E-state index is -0.679. The largest absolute Gasteiger partial charge is 0.383 e. The van der Waals surface area contributed by atoms with E-state index in [1.54, 1.807) is 19.2 Å². The Hall–Kier alpha value is -1.42. The monoisotopic (exact) mass is 239 g/mol. The fourth-order valence-corrected chi connectivity index (χ4v) is 1.49. The molecule has 0 saturated carbocycles. The standard InChI is InChI=1S/C13H18FNO2/c1-13(2,12(16)15-8-9-17-3)10-4-6-11(14)7-5-10/h4-7H,8-9H2,1-3H3,(H,15,16). The number of hydrogen-bond donors (Lipinski definition) is 1. The molecule has 0 saturated heterocycles. The number of hydrogen-bond acceptors (Lipinski definition) is 2. The van der Waals surface area contributed by atoms with Gasteiger partial charge in [-0.1, -0.05) is 12.1 Å². The van der Waals surface area contributed by atoms with E-state index in [1.807, 2.05) is 13.8 Å². The van der Waals surface area contributed by atoms with E-state index in [1.165, 1.54) is 12.1 Å². The maximum absolute atomic E-state index is 12.8. The number of halogens is 1. The van der Waals surface area contributed by atoms with Gasteiger partial charge < -0.3 is 10.1 Å². The third-order valence-corrected chi connectivity index (χ3v) is 2.73. The lowest BCUT2D eigenvalue weighted by atomic mass is 9.84. The third kappa shape index (κ3) is 3.53. The zero-order valence-corrected chi connectivity index (χ0v) is 10.4. The van der Waals surface area contributed by atoms with E-state index < -0.39 is 5.41 Å². The van der Waals surface area contributed by atoms with E-state index in [0.29, 0.717) is 13.2 Å². The highest BCUT2D eigenvalue weighted by Crippen LogP contribution is 2.23. The number of rotatable bonds is 5. The summed E-state index contributed by atoms with van der Waals surface area (Å²) in [5, 5.41) is 2.78. The molecule has 0 heterocycles. The summed E-state index contributed by atoms with van der Waals surface area (Å²) >= 11 is 0. The Balaban J connectivity index is 2.72. The minimum Gasteiger partial charge on any atom is -0.383 e. The fourth-order valence-electron chi connectivity index (χ4n) is 1.49. The number of benzene rings is 1. The second-order valence-electron chi connectivity index (χ2n) is 4.38. The van der Waals surface area contributed by atoms with Gasteiger partial charge in [-0.25, -0.2) is 4.39 Å². The third-order valence-electron chi connectivity index (χ3n) is 2.73. The second-order valence-corrected chi connectivity index (χ2v) is 4.38. The molecule has 94 valence electrons. The molecule has 0 aliphatic carbocycles. The molecule has 17 heavy (non-hydrogen) atoms. The van der Waals surface area contributed by atoms with E-state index in [9.17, 15) is 9.18 Å². The van der Waals surface area contributed by atoms with Crippen LogP contribution in [0, 0.1) is 5.82 Å². The van der Waals surface area contributed by atoms with E-state index in [-0.39, 0.29) is 11.7 Å². The topological polar surface area (TPSA) is 38.3 Å². The van der Waals surface area contributed by atoms with Crippen LogP contribution in [0.4, 0.5) is 4.39 Å². The smallest absolute Gasteiger partial charge is 0.230 e. The summed E-state index contributed by atoms with van der Waals surface area (Å²) in [6.07, 6.45) is 0. The summed E-state index contributed by atoms with van der Waals surface area (Å²) < 4.78 is 17.7. The van der Waals surface area contributed by atoms with Gasteiger partial charge in [-0.15, -0.1) is 0 Å². The predicted octanol–water partition coefficient (Wildman–Crippen LogP) is 1.87. The molecule has 0 spiro atoms. The number of methoxy groups -OCH3 is 1. The Morgan fingerprint density at radius 3 is 2.47 bits per heavy atom. The number of ether oxygens (including phenoxy) is 1. The lowest BCUT2D eigenvalue weighted by molar-refractivity contribution is -0.125. The van der Waals surface area contributed by atoms with Crippen molar-refractivity contribution in [2.24, 2.45) is 0 Å². The van der Waals surface area contributed by atoms with Crippen molar-refractivity contribution in [3.05, 3.63) is 35.6 Å². The summed E-state index contributed by atoms with van der Waals surface area (Å²) in [6.45, 7) is 4.57. The van der Waals surface area contributed by atoms with Gasteiger partial charge in [-0.3, -0.25) is 4.79 Å². The quantitative estimate of drug-likeness (QED) is 0.797. The molecule has 3 nitrogen and oxygen atoms in total. The van der Waals surface area contributed by atoms with E-state index in [0.717, 1.165) is 5.56 Å². The van der Waals surface area contributed by atoms with Crippen LogP contribution in [0.15, 0.2) is 24.3 Å². The molecule has 0 atom stereocenters. The first-order valence-electron chi connectivity index (χ1n) is 5.51. The van der Waals surface area contributed by atoms with Gasteiger partial charge in [0.25, 0.3) is 0 Å². The predicted molar refractivity (Wildman–Crippen MR) is 64.3 cm³/mol. The molecule has 0 aliphatic heterocycles. The van der Waals surface area contributed by atoms with Crippen molar-refractivity contribution in [3.63, 3.8) is 0 Å². The van der Waals surface area contributed by atoms with Gasteiger partial charge in [0.15, 0.2) is 0 Å². The van der Waals surface area contributed by atoms with Gasteiger partial charge in [0, 0.05) is 13.7 Å². The molecular weight excluding hydrogens is 221 g/mol. The van der Waals surface area contributed by atoms with Gasteiger partial charge in [0.2, 0.25) is 5.91 Å². The average Bonchev–Trinajstić information content (AvgIpc) is 2.29. The van der Waals surface area contributed by atoms with Crippen LogP contribution in [-0.2, 0) is 14.9 Å². The normalized spacial score (nSPS) is 11.3. The van der Waals surface area contributed by atoms with Crippen molar-refractivity contribution in [1.82, 2.24) is 5.32 Å². The van der Waals surface area contributed by atoms with Gasteiger partial charge in [-0.2, -0.15) is 0 Å². The van der Waals surface area contributed by atoms with Crippen molar-refractivity contribution in [2.45, 2.75) is 19.3 Å². The Kier molecular flexibility index (Phi) is 4.63. The van der Waals surface area contributed by atoms with Crippen LogP contribution in [0.2, 0.25) is 0 Å². The zero-order valence-electron chi connectivity index (χ0n) is 10.4. The van der Waals surface area contributed by atoms with Crippen LogP contribution in [0.1, 0.15) is 19.4 Å². The minimum absolute atomic E-state index is 0.0961. The number of carbonyl (C=O) groups excluding carboxylic acids is 1. The van der Waals surface area contributed by atoms with Crippen LogP contribution in [0.3, 0.4) is 0 Å². The molecule has 0 radical (unpaired) electrons. The first-order chi connectivity index (χ1) is 7.98. The maximum Gasteiger partial charge on any atom is 0.230 e. The van der Waals surface area contributed by atoms with E-state index in [4.69, 9.17) is 4.74 Å². The molecule has 1 aromatic carbocycles. The Labute approximate surface area is 101 Å². The lowest BCUT2D eigenvalue weighted by Crippen LogP contribution is -2.41. The van der Waals surface area contributed by atoms with Gasteiger partial charge >= 0.3 is 0 Å². The first kappa shape index (κ1) is 13.6. The van der Waals surface area contributed by atoms with Crippen LogP contribution in [-0.4, -0.2) is 26.2 Å². The Morgan fingerprint density at radius 1 is 1.35 bits per heavy atom. The molecule has 1 aromatic rings. The summed E-state index contributed by atoms with van der Waals surface area (Å²) in [5.74, 6) is -0.398. The van der Waals surface area contributed by atoms with Crippen LogP contribution in [0.25, 0.3) is 0 Å². The molecule has 0 aromatic heterocycles. The number of carbonyl (C=O) groups is 1. The highest BCUT2D eigenvalue weighted by molar-refractivity contribution is 5.87. The number of nitrogens with one attached hydrogen (secondary N) is 1. The van der Waals surface area contributed by atoms with Crippen LogP contribution < -0.4 is 5.32 Å². The first-order valence-corrected chi connectivity index (χ1v) is 5.51. The summed E-state index contributed by atoms with van der Waals surface area (Å²) in [7, 11) is 1.58. The average molecular weight is 239 g/mol. The number of amides is 1. The van der Waals surface area contributed by atoms with Crippen LogP contribution >= 0.6 is 0 Å². The Bertz CT molecular complexity index is 374. The van der Waals surface area contributed by atoms with Crippen molar-refractivity contribution < 1.29 is 13.9 Å². The van der Waals surface area contributed by atoms with Gasteiger partial charge in [-0.05, 0) is 31.5 Å². The van der Waals surface area contributed by atoms with Crippen molar-refractivity contribution in [2.75, 3.05) is 20.3 Å². The molecule has 1 N–H and O–H groups in total. The highest BCUT2D eigenvalue weighted by Gasteiger charge is 2.29. The van der Waals surface area contributed by atoms with E-state index >= 15 is 0 Å². The summed E-state index contributed by atoms with van der Waals surface area (Å²) in [5.41, 5.74) is 0.107. The molecule has 0 unspecified atom stereocenters. The molecular formula is C13H18FNO2. The SMILES string of the molecule is COCCNC(=O)C(C)(C)c1ccc(F)cc1. The van der Waals surface area contributed by atoms with Gasteiger partial charge in [0.05, 0.1) is 12.0 Å². The molecule has 4 heteroatoms. The van der Waals surface area contributed by atoms with Crippen LogP contribution in [0.5, 0.6) is 0 Å². The zero-order chi connectivity index (χ0) is 12.9. The summed E-state index contributed by atoms with van der Waals surface area (Å²) in [4.78, 5) is 12.0. The van der Waals surface area contributed by atoms with Gasteiger partial charge in [0.1, 0.15) is 5.82 Å². The molecule has 1 amide bonds. The lowest BCUT2D eigenvalue weighted by Gasteiger charge is -2.24. The molecule has 0 fully saturated rings. The second kappa shape index (κ2) is 5.77. The van der Waals surface area contributed by atoms with Crippen molar-refractivity contribution in [3.8, 4) is 0 Å².